The monoisotopic (exact) mass is 270 g/mol. The summed E-state index contributed by atoms with van der Waals surface area (Å²) in [6.45, 7) is 5.69. The van der Waals surface area contributed by atoms with Gasteiger partial charge in [0.25, 0.3) is 0 Å². The predicted molar refractivity (Wildman–Crippen MR) is 78.9 cm³/mol. The number of benzene rings is 1. The topological polar surface area (TPSA) is 38.9 Å². The van der Waals surface area contributed by atoms with E-state index in [-0.39, 0.29) is 30.9 Å². The first kappa shape index (κ1) is 15.9. The minimum atomic E-state index is 0. The lowest BCUT2D eigenvalue weighted by atomic mass is 10.0. The highest BCUT2D eigenvalue weighted by Crippen LogP contribution is 2.19. The second-order valence-corrected chi connectivity index (χ2v) is 3.71. The van der Waals surface area contributed by atoms with E-state index in [0.717, 1.165) is 22.0 Å². The first-order chi connectivity index (χ1) is 7.20. The zero-order chi connectivity index (χ0) is 10.8. The molecule has 2 rings (SSSR count). The van der Waals surface area contributed by atoms with Crippen molar-refractivity contribution in [1.82, 2.24) is 4.98 Å². The van der Waals surface area contributed by atoms with Crippen LogP contribution in [-0.2, 0) is 0 Å². The molecule has 0 fully saturated rings. The fraction of sp³-hybridized carbons (Fsp3) is 0.154. The van der Waals surface area contributed by atoms with Gasteiger partial charge in [0.2, 0.25) is 0 Å². The number of aromatic nitrogens is 1. The number of hydrogen-bond acceptors (Lipinski definition) is 2. The summed E-state index contributed by atoms with van der Waals surface area (Å²) < 4.78 is 0. The summed E-state index contributed by atoms with van der Waals surface area (Å²) >= 11 is 0. The lowest BCUT2D eigenvalue weighted by Crippen LogP contribution is -2.04. The minimum absolute atomic E-state index is 0. The largest absolute Gasteiger partial charge is 0.324 e. The van der Waals surface area contributed by atoms with Crippen LogP contribution in [0.3, 0.4) is 0 Å². The zero-order valence-corrected chi connectivity index (χ0v) is 11.2. The average Bonchev–Trinajstić information content (AvgIpc) is 2.27. The van der Waals surface area contributed by atoms with Crippen molar-refractivity contribution in [2.75, 3.05) is 0 Å². The predicted octanol–water partition coefficient (Wildman–Crippen LogP) is 3.74. The van der Waals surface area contributed by atoms with E-state index in [1.807, 2.05) is 31.3 Å². The maximum atomic E-state index is 5.84. The molecule has 0 bridgehead atoms. The van der Waals surface area contributed by atoms with E-state index in [4.69, 9.17) is 5.73 Å². The maximum Gasteiger partial charge on any atom is 0.0630 e. The second kappa shape index (κ2) is 6.60. The Balaban J connectivity index is 0.00000128. The molecule has 4 heteroatoms. The Bertz CT molecular complexity index is 510. The number of pyridine rings is 1. The fourth-order valence-electron chi connectivity index (χ4n) is 1.57. The van der Waals surface area contributed by atoms with Crippen molar-refractivity contribution in [3.8, 4) is 0 Å². The quantitative estimate of drug-likeness (QED) is 0.903. The van der Waals surface area contributed by atoms with Crippen molar-refractivity contribution >= 4 is 41.7 Å². The highest BCUT2D eigenvalue weighted by molar-refractivity contribution is 5.85. The summed E-state index contributed by atoms with van der Waals surface area (Å²) in [4.78, 5) is 4.25. The Morgan fingerprint density at radius 1 is 1.24 bits per heavy atom. The van der Waals surface area contributed by atoms with Crippen molar-refractivity contribution in [1.29, 1.82) is 0 Å². The number of hydrogen-bond donors (Lipinski definition) is 1. The molecule has 0 saturated carbocycles. The summed E-state index contributed by atoms with van der Waals surface area (Å²) in [6, 6.07) is 8.29. The van der Waals surface area contributed by atoms with Gasteiger partial charge in [-0.15, -0.1) is 24.8 Å². The standard InChI is InChI=1S/C13H14N2.2ClH/c1-3-13-7-12-6-10(9(2)14)4-5-11(12)8-15-13;;/h3-9H,1,14H2,2H3;2*1H/t9-;;/m1../s1. The molecule has 0 saturated heterocycles. The van der Waals surface area contributed by atoms with Gasteiger partial charge in [0, 0.05) is 17.6 Å². The number of rotatable bonds is 2. The molecule has 0 aliphatic carbocycles. The van der Waals surface area contributed by atoms with Gasteiger partial charge in [0.15, 0.2) is 0 Å². The van der Waals surface area contributed by atoms with Crippen molar-refractivity contribution < 1.29 is 0 Å². The van der Waals surface area contributed by atoms with E-state index in [9.17, 15) is 0 Å². The van der Waals surface area contributed by atoms with Crippen LogP contribution in [0.25, 0.3) is 16.8 Å². The van der Waals surface area contributed by atoms with Crippen LogP contribution >= 0.6 is 24.8 Å². The van der Waals surface area contributed by atoms with Crippen molar-refractivity contribution in [3.63, 3.8) is 0 Å². The fourth-order valence-corrected chi connectivity index (χ4v) is 1.57. The van der Waals surface area contributed by atoms with Crippen LogP contribution in [0.1, 0.15) is 24.2 Å². The van der Waals surface area contributed by atoms with Gasteiger partial charge in [-0.25, -0.2) is 0 Å². The SMILES string of the molecule is C=Cc1cc2cc([C@@H](C)N)ccc2cn1.Cl.Cl. The molecule has 0 radical (unpaired) electrons. The summed E-state index contributed by atoms with van der Waals surface area (Å²) in [5, 5.41) is 2.29. The average molecular weight is 271 g/mol. The Hall–Kier alpha value is -1.09. The van der Waals surface area contributed by atoms with Crippen LogP contribution in [0.4, 0.5) is 0 Å². The number of halogens is 2. The van der Waals surface area contributed by atoms with E-state index < -0.39 is 0 Å². The van der Waals surface area contributed by atoms with Crippen LogP contribution in [0.5, 0.6) is 0 Å². The molecular weight excluding hydrogens is 255 g/mol. The Kier molecular flexibility index (Phi) is 6.18. The Labute approximate surface area is 114 Å². The van der Waals surface area contributed by atoms with Crippen LogP contribution < -0.4 is 5.73 Å². The van der Waals surface area contributed by atoms with Crippen molar-refractivity contribution in [2.45, 2.75) is 13.0 Å². The molecule has 2 aromatic rings. The van der Waals surface area contributed by atoms with Gasteiger partial charge in [-0.3, -0.25) is 4.98 Å². The first-order valence-electron chi connectivity index (χ1n) is 4.98. The lowest BCUT2D eigenvalue weighted by Gasteiger charge is -2.07. The molecule has 0 aliphatic rings. The minimum Gasteiger partial charge on any atom is -0.324 e. The Morgan fingerprint density at radius 3 is 2.53 bits per heavy atom. The van der Waals surface area contributed by atoms with Crippen molar-refractivity contribution in [2.24, 2.45) is 5.73 Å². The molecule has 1 aromatic heterocycles. The van der Waals surface area contributed by atoms with Crippen LogP contribution in [0, 0.1) is 0 Å². The van der Waals surface area contributed by atoms with Crippen LogP contribution in [0.15, 0.2) is 37.0 Å². The Morgan fingerprint density at radius 2 is 1.94 bits per heavy atom. The molecule has 92 valence electrons. The van der Waals surface area contributed by atoms with Gasteiger partial charge in [0.1, 0.15) is 0 Å². The molecule has 1 heterocycles. The lowest BCUT2D eigenvalue weighted by molar-refractivity contribution is 0.820. The number of fused-ring (bicyclic) bond motifs is 1. The molecule has 2 nitrogen and oxygen atoms in total. The maximum absolute atomic E-state index is 5.84. The van der Waals surface area contributed by atoms with Gasteiger partial charge in [-0.05, 0) is 36.1 Å². The van der Waals surface area contributed by atoms with E-state index in [0.29, 0.717) is 0 Å². The van der Waals surface area contributed by atoms with E-state index in [2.05, 4.69) is 17.6 Å². The van der Waals surface area contributed by atoms with Gasteiger partial charge in [-0.1, -0.05) is 18.7 Å². The van der Waals surface area contributed by atoms with E-state index in [1.165, 1.54) is 0 Å². The number of nitrogens with two attached hydrogens (primary N) is 1. The third-order valence-electron chi connectivity index (χ3n) is 2.50. The van der Waals surface area contributed by atoms with E-state index in [1.54, 1.807) is 6.08 Å². The molecule has 2 N–H and O–H groups in total. The molecule has 0 amide bonds. The molecule has 0 spiro atoms. The third-order valence-corrected chi connectivity index (χ3v) is 2.50. The van der Waals surface area contributed by atoms with Crippen LogP contribution in [-0.4, -0.2) is 4.98 Å². The molecule has 1 aromatic carbocycles. The first-order valence-corrected chi connectivity index (χ1v) is 4.98. The van der Waals surface area contributed by atoms with Gasteiger partial charge in [-0.2, -0.15) is 0 Å². The second-order valence-electron chi connectivity index (χ2n) is 3.71. The van der Waals surface area contributed by atoms with E-state index >= 15 is 0 Å². The van der Waals surface area contributed by atoms with Crippen LogP contribution in [0.2, 0.25) is 0 Å². The molecule has 0 aliphatic heterocycles. The molecular formula is C13H16Cl2N2. The van der Waals surface area contributed by atoms with Gasteiger partial charge >= 0.3 is 0 Å². The van der Waals surface area contributed by atoms with Gasteiger partial charge < -0.3 is 5.73 Å². The molecule has 17 heavy (non-hydrogen) atoms. The smallest absolute Gasteiger partial charge is 0.0630 e. The highest BCUT2D eigenvalue weighted by atomic mass is 35.5. The third kappa shape index (κ3) is 3.43. The summed E-state index contributed by atoms with van der Waals surface area (Å²) in [7, 11) is 0. The summed E-state index contributed by atoms with van der Waals surface area (Å²) in [6.07, 6.45) is 3.61. The normalized spacial score (nSPS) is 11.2. The van der Waals surface area contributed by atoms with Gasteiger partial charge in [0.05, 0.1) is 5.69 Å². The summed E-state index contributed by atoms with van der Waals surface area (Å²) in [5.41, 5.74) is 7.87. The summed E-state index contributed by atoms with van der Waals surface area (Å²) in [5.74, 6) is 0. The molecule has 0 unspecified atom stereocenters. The van der Waals surface area contributed by atoms with Crippen molar-refractivity contribution in [3.05, 3.63) is 48.3 Å². The number of nitrogens with zero attached hydrogens (tertiary/aromatic N) is 1. The highest BCUT2D eigenvalue weighted by Gasteiger charge is 2.01. The zero-order valence-electron chi connectivity index (χ0n) is 9.59. The molecule has 1 atom stereocenters.